The van der Waals surface area contributed by atoms with Crippen molar-refractivity contribution in [2.24, 2.45) is 5.73 Å². The summed E-state index contributed by atoms with van der Waals surface area (Å²) in [5, 5.41) is 5.73. The number of hydrogen-bond donors (Lipinski definition) is 2. The fourth-order valence-corrected chi connectivity index (χ4v) is 2.79. The van der Waals surface area contributed by atoms with Crippen LogP contribution in [-0.2, 0) is 5.54 Å². The highest BCUT2D eigenvalue weighted by atomic mass is 79.9. The van der Waals surface area contributed by atoms with Gasteiger partial charge >= 0.3 is 0 Å². The van der Waals surface area contributed by atoms with Crippen molar-refractivity contribution in [3.05, 3.63) is 46.4 Å². The summed E-state index contributed by atoms with van der Waals surface area (Å²) < 4.78 is 1.13. The van der Waals surface area contributed by atoms with Gasteiger partial charge in [0.05, 0.1) is 5.54 Å². The molecule has 1 saturated heterocycles. The smallest absolute Gasteiger partial charge is 0.0668 e. The first kappa shape index (κ1) is 10.3. The Bertz CT molecular complexity index is 547. The molecule has 3 N–H and O–H groups in total. The first-order valence-corrected chi connectivity index (χ1v) is 6.17. The molecule has 1 aliphatic rings. The Kier molecular flexibility index (Phi) is 2.28. The van der Waals surface area contributed by atoms with Crippen LogP contribution in [0.3, 0.4) is 0 Å². The van der Waals surface area contributed by atoms with Gasteiger partial charge in [-0.3, -0.25) is 0 Å². The number of nitrogens with two attached hydrogens (primary N) is 1. The second kappa shape index (κ2) is 3.55. The van der Waals surface area contributed by atoms with Crippen molar-refractivity contribution in [3.8, 4) is 0 Å². The van der Waals surface area contributed by atoms with Crippen LogP contribution in [0, 0.1) is 0 Å². The van der Waals surface area contributed by atoms with Crippen LogP contribution in [-0.4, -0.2) is 13.1 Å². The molecular formula is C13H13BrN2. The maximum atomic E-state index is 6.36. The van der Waals surface area contributed by atoms with Gasteiger partial charge in [0.15, 0.2) is 0 Å². The molecule has 0 aromatic heterocycles. The Hall–Kier alpha value is -0.900. The van der Waals surface area contributed by atoms with Gasteiger partial charge in [-0.2, -0.15) is 0 Å². The molecule has 2 nitrogen and oxygen atoms in total. The van der Waals surface area contributed by atoms with E-state index in [1.807, 2.05) is 0 Å². The van der Waals surface area contributed by atoms with E-state index in [0.717, 1.165) is 17.6 Å². The fourth-order valence-electron chi connectivity index (χ4n) is 2.29. The molecule has 0 unspecified atom stereocenters. The Balaban J connectivity index is 2.29. The van der Waals surface area contributed by atoms with Gasteiger partial charge in [0, 0.05) is 17.6 Å². The lowest BCUT2D eigenvalue weighted by molar-refractivity contribution is 0.289. The third-order valence-corrected chi connectivity index (χ3v) is 3.98. The molecule has 0 spiro atoms. The number of fused-ring (bicyclic) bond motifs is 1. The molecule has 3 rings (SSSR count). The minimum atomic E-state index is -0.194. The van der Waals surface area contributed by atoms with Gasteiger partial charge in [0.25, 0.3) is 0 Å². The molecule has 1 aliphatic heterocycles. The van der Waals surface area contributed by atoms with Crippen LogP contribution >= 0.6 is 15.9 Å². The molecular weight excluding hydrogens is 264 g/mol. The van der Waals surface area contributed by atoms with Crippen molar-refractivity contribution in [1.29, 1.82) is 0 Å². The van der Waals surface area contributed by atoms with Gasteiger partial charge < -0.3 is 11.1 Å². The monoisotopic (exact) mass is 276 g/mol. The van der Waals surface area contributed by atoms with Gasteiger partial charge in [0.2, 0.25) is 0 Å². The SMILES string of the molecule is NC1(c2cccc3c(Br)cccc23)CNC1. The third kappa shape index (κ3) is 1.39. The molecule has 0 amide bonds. The summed E-state index contributed by atoms with van der Waals surface area (Å²) in [5.41, 5.74) is 7.41. The van der Waals surface area contributed by atoms with Crippen molar-refractivity contribution < 1.29 is 0 Å². The van der Waals surface area contributed by atoms with Crippen LogP contribution in [0.4, 0.5) is 0 Å². The lowest BCUT2D eigenvalue weighted by Crippen LogP contribution is -2.62. The van der Waals surface area contributed by atoms with Gasteiger partial charge in [-0.05, 0) is 22.4 Å². The van der Waals surface area contributed by atoms with Crippen molar-refractivity contribution in [1.82, 2.24) is 5.32 Å². The van der Waals surface area contributed by atoms with E-state index in [4.69, 9.17) is 5.73 Å². The predicted octanol–water partition coefficient (Wildman–Crippen LogP) is 2.36. The first-order valence-electron chi connectivity index (χ1n) is 5.38. The topological polar surface area (TPSA) is 38.0 Å². The average Bonchev–Trinajstić information content (AvgIpc) is 2.26. The van der Waals surface area contributed by atoms with E-state index in [-0.39, 0.29) is 5.54 Å². The van der Waals surface area contributed by atoms with Gasteiger partial charge in [-0.15, -0.1) is 0 Å². The quantitative estimate of drug-likeness (QED) is 0.839. The number of benzene rings is 2. The number of halogens is 1. The van der Waals surface area contributed by atoms with E-state index in [1.54, 1.807) is 0 Å². The maximum absolute atomic E-state index is 6.36. The summed E-state index contributed by atoms with van der Waals surface area (Å²) in [4.78, 5) is 0. The van der Waals surface area contributed by atoms with E-state index >= 15 is 0 Å². The highest BCUT2D eigenvalue weighted by molar-refractivity contribution is 9.10. The summed E-state index contributed by atoms with van der Waals surface area (Å²) in [6, 6.07) is 12.6. The Labute approximate surface area is 103 Å². The molecule has 2 aromatic carbocycles. The lowest BCUT2D eigenvalue weighted by Gasteiger charge is -2.40. The second-order valence-corrected chi connectivity index (χ2v) is 5.25. The van der Waals surface area contributed by atoms with Crippen LogP contribution in [0.1, 0.15) is 5.56 Å². The lowest BCUT2D eigenvalue weighted by atomic mass is 9.82. The fraction of sp³-hybridized carbons (Fsp3) is 0.231. The zero-order valence-corrected chi connectivity index (χ0v) is 10.4. The van der Waals surface area contributed by atoms with E-state index in [1.165, 1.54) is 16.3 Å². The Morgan fingerprint density at radius 3 is 2.44 bits per heavy atom. The molecule has 1 heterocycles. The maximum Gasteiger partial charge on any atom is 0.0668 e. The summed E-state index contributed by atoms with van der Waals surface area (Å²) >= 11 is 3.58. The van der Waals surface area contributed by atoms with E-state index in [0.29, 0.717) is 0 Å². The second-order valence-electron chi connectivity index (χ2n) is 4.40. The van der Waals surface area contributed by atoms with Crippen molar-refractivity contribution in [3.63, 3.8) is 0 Å². The van der Waals surface area contributed by atoms with E-state index in [9.17, 15) is 0 Å². The van der Waals surface area contributed by atoms with E-state index < -0.39 is 0 Å². The molecule has 2 aromatic rings. The molecule has 3 heteroatoms. The molecule has 0 saturated carbocycles. The molecule has 82 valence electrons. The number of hydrogen-bond acceptors (Lipinski definition) is 2. The zero-order valence-electron chi connectivity index (χ0n) is 8.83. The van der Waals surface area contributed by atoms with Crippen molar-refractivity contribution in [2.45, 2.75) is 5.54 Å². The first-order chi connectivity index (χ1) is 7.71. The van der Waals surface area contributed by atoms with Crippen LogP contribution in [0.15, 0.2) is 40.9 Å². The third-order valence-electron chi connectivity index (χ3n) is 3.29. The largest absolute Gasteiger partial charge is 0.319 e. The summed E-state index contributed by atoms with van der Waals surface area (Å²) in [5.74, 6) is 0. The molecule has 0 bridgehead atoms. The van der Waals surface area contributed by atoms with Gasteiger partial charge in [0.1, 0.15) is 0 Å². The average molecular weight is 277 g/mol. The standard InChI is InChI=1S/C13H13BrN2/c14-12-6-2-3-9-10(12)4-1-5-11(9)13(15)7-16-8-13/h1-6,16H,7-8,15H2. The van der Waals surface area contributed by atoms with Gasteiger partial charge in [-0.25, -0.2) is 0 Å². The molecule has 0 atom stereocenters. The van der Waals surface area contributed by atoms with Crippen LogP contribution in [0.25, 0.3) is 10.8 Å². The molecule has 16 heavy (non-hydrogen) atoms. The molecule has 0 radical (unpaired) electrons. The van der Waals surface area contributed by atoms with Crippen LogP contribution in [0.5, 0.6) is 0 Å². The minimum Gasteiger partial charge on any atom is -0.319 e. The Morgan fingerprint density at radius 1 is 1.06 bits per heavy atom. The van der Waals surface area contributed by atoms with Crippen molar-refractivity contribution in [2.75, 3.05) is 13.1 Å². The summed E-state index contributed by atoms with van der Waals surface area (Å²) in [6.45, 7) is 1.72. The molecule has 0 aliphatic carbocycles. The molecule has 1 fully saturated rings. The van der Waals surface area contributed by atoms with Crippen LogP contribution < -0.4 is 11.1 Å². The Morgan fingerprint density at radius 2 is 1.75 bits per heavy atom. The van der Waals surface area contributed by atoms with Crippen molar-refractivity contribution >= 4 is 26.7 Å². The number of rotatable bonds is 1. The highest BCUT2D eigenvalue weighted by Gasteiger charge is 2.35. The highest BCUT2D eigenvalue weighted by Crippen LogP contribution is 2.32. The van der Waals surface area contributed by atoms with E-state index in [2.05, 4.69) is 57.6 Å². The summed E-state index contributed by atoms with van der Waals surface area (Å²) in [6.07, 6.45) is 0. The predicted molar refractivity (Wildman–Crippen MR) is 70.4 cm³/mol. The van der Waals surface area contributed by atoms with Crippen LogP contribution in [0.2, 0.25) is 0 Å². The zero-order chi connectivity index (χ0) is 11.2. The summed E-state index contributed by atoms with van der Waals surface area (Å²) in [7, 11) is 0. The normalized spacial score (nSPS) is 18.4. The number of nitrogens with one attached hydrogen (secondary N) is 1. The van der Waals surface area contributed by atoms with Gasteiger partial charge in [-0.1, -0.05) is 46.3 Å². The minimum absolute atomic E-state index is 0.194.